The molecule has 0 bridgehead atoms. The second-order valence-electron chi connectivity index (χ2n) is 4.73. The van der Waals surface area contributed by atoms with Crippen molar-refractivity contribution in [3.8, 4) is 0 Å². The van der Waals surface area contributed by atoms with Gasteiger partial charge in [-0.3, -0.25) is 4.79 Å². The van der Waals surface area contributed by atoms with Gasteiger partial charge in [-0.1, -0.05) is 12.1 Å². The van der Waals surface area contributed by atoms with Crippen LogP contribution in [-0.2, 0) is 11.2 Å². The van der Waals surface area contributed by atoms with Gasteiger partial charge in [0, 0.05) is 18.3 Å². The molecule has 1 amide bonds. The van der Waals surface area contributed by atoms with Gasteiger partial charge >= 0.3 is 0 Å². The number of aliphatic hydroxyl groups is 1. The fourth-order valence-electron chi connectivity index (χ4n) is 1.82. The molecule has 1 aromatic carbocycles. The van der Waals surface area contributed by atoms with Crippen molar-refractivity contribution < 1.29 is 9.90 Å². The van der Waals surface area contributed by atoms with E-state index in [1.807, 2.05) is 24.3 Å². The van der Waals surface area contributed by atoms with Crippen molar-refractivity contribution in [3.05, 3.63) is 29.8 Å². The molecule has 0 saturated heterocycles. The van der Waals surface area contributed by atoms with Crippen LogP contribution in [0.2, 0.25) is 0 Å². The predicted octanol–water partition coefficient (Wildman–Crippen LogP) is 1.30. The van der Waals surface area contributed by atoms with Crippen LogP contribution in [0.5, 0.6) is 0 Å². The van der Waals surface area contributed by atoms with Crippen LogP contribution in [-0.4, -0.2) is 30.2 Å². The minimum absolute atomic E-state index is 0.00112. The fourth-order valence-corrected chi connectivity index (χ4v) is 1.82. The van der Waals surface area contributed by atoms with Gasteiger partial charge in [-0.2, -0.15) is 0 Å². The highest BCUT2D eigenvalue weighted by atomic mass is 16.2. The Bertz CT molecular complexity index is 403. The Kier molecular flexibility index (Phi) is 4.73. The van der Waals surface area contributed by atoms with Crippen LogP contribution in [0, 0.1) is 0 Å². The number of nitrogens with one attached hydrogen (secondary N) is 2. The first-order valence-electron chi connectivity index (χ1n) is 6.51. The lowest BCUT2D eigenvalue weighted by Crippen LogP contribution is -2.29. The second kappa shape index (κ2) is 6.52. The molecule has 0 spiro atoms. The van der Waals surface area contributed by atoms with Crippen molar-refractivity contribution in [1.29, 1.82) is 0 Å². The van der Waals surface area contributed by atoms with E-state index in [2.05, 4.69) is 10.6 Å². The molecule has 4 heteroatoms. The van der Waals surface area contributed by atoms with E-state index in [4.69, 9.17) is 5.11 Å². The Hall–Kier alpha value is -1.39. The summed E-state index contributed by atoms with van der Waals surface area (Å²) in [6.07, 6.45) is 3.95. The summed E-state index contributed by atoms with van der Waals surface area (Å²) in [5.41, 5.74) is 1.96. The molecule has 4 nitrogen and oxygen atoms in total. The maximum atomic E-state index is 11.7. The molecule has 1 aliphatic rings. The van der Waals surface area contributed by atoms with Gasteiger partial charge in [0.1, 0.15) is 0 Å². The number of anilines is 1. The second-order valence-corrected chi connectivity index (χ2v) is 4.73. The third-order valence-corrected chi connectivity index (χ3v) is 2.96. The number of amides is 1. The Morgan fingerprint density at radius 3 is 2.94 bits per heavy atom. The minimum Gasteiger partial charge on any atom is -0.396 e. The van der Waals surface area contributed by atoms with Crippen molar-refractivity contribution in [1.82, 2.24) is 5.32 Å². The van der Waals surface area contributed by atoms with E-state index < -0.39 is 0 Å². The summed E-state index contributed by atoms with van der Waals surface area (Å²) in [6.45, 7) is 0.577. The highest BCUT2D eigenvalue weighted by Gasteiger charge is 2.21. The summed E-state index contributed by atoms with van der Waals surface area (Å²) in [5.74, 6) is 0.00112. The number of aliphatic hydroxyl groups excluding tert-OH is 1. The third-order valence-electron chi connectivity index (χ3n) is 2.96. The number of carbonyl (C=O) groups excluding carboxylic acids is 1. The van der Waals surface area contributed by atoms with Crippen LogP contribution < -0.4 is 10.6 Å². The zero-order chi connectivity index (χ0) is 12.8. The summed E-state index contributed by atoms with van der Waals surface area (Å²) in [5, 5.41) is 14.9. The van der Waals surface area contributed by atoms with Crippen LogP contribution >= 0.6 is 0 Å². The number of carbonyl (C=O) groups is 1. The first-order chi connectivity index (χ1) is 8.78. The first kappa shape index (κ1) is 13.1. The van der Waals surface area contributed by atoms with Crippen molar-refractivity contribution in [3.63, 3.8) is 0 Å². The summed E-state index contributed by atoms with van der Waals surface area (Å²) < 4.78 is 0. The van der Waals surface area contributed by atoms with E-state index in [0.29, 0.717) is 12.6 Å². The largest absolute Gasteiger partial charge is 0.396 e. The van der Waals surface area contributed by atoms with Crippen LogP contribution in [0.15, 0.2) is 24.3 Å². The Morgan fingerprint density at radius 1 is 1.39 bits per heavy atom. The molecule has 2 rings (SSSR count). The average molecular weight is 248 g/mol. The van der Waals surface area contributed by atoms with Gasteiger partial charge in [-0.05, 0) is 43.4 Å². The SMILES string of the molecule is O=C(CNC1CC1)Nc1cccc(CCCO)c1. The van der Waals surface area contributed by atoms with Gasteiger partial charge in [-0.25, -0.2) is 0 Å². The molecule has 0 aliphatic heterocycles. The zero-order valence-corrected chi connectivity index (χ0v) is 10.5. The number of hydrogen-bond acceptors (Lipinski definition) is 3. The van der Waals surface area contributed by atoms with Crippen LogP contribution in [0.3, 0.4) is 0 Å². The van der Waals surface area contributed by atoms with Crippen molar-refractivity contribution in [2.24, 2.45) is 0 Å². The molecule has 0 heterocycles. The van der Waals surface area contributed by atoms with Gasteiger partial charge in [0.25, 0.3) is 0 Å². The minimum atomic E-state index is 0.00112. The normalized spacial score (nSPS) is 14.5. The van der Waals surface area contributed by atoms with E-state index in [0.717, 1.165) is 24.1 Å². The lowest BCUT2D eigenvalue weighted by atomic mass is 10.1. The monoisotopic (exact) mass is 248 g/mol. The lowest BCUT2D eigenvalue weighted by Gasteiger charge is -2.07. The Morgan fingerprint density at radius 2 is 2.22 bits per heavy atom. The van der Waals surface area contributed by atoms with Crippen molar-refractivity contribution in [2.45, 2.75) is 31.7 Å². The van der Waals surface area contributed by atoms with E-state index in [1.165, 1.54) is 12.8 Å². The van der Waals surface area contributed by atoms with Gasteiger partial charge in [0.05, 0.1) is 6.54 Å². The predicted molar refractivity (Wildman–Crippen MR) is 71.5 cm³/mol. The van der Waals surface area contributed by atoms with Gasteiger partial charge in [0.15, 0.2) is 0 Å². The van der Waals surface area contributed by atoms with Gasteiger partial charge in [-0.15, -0.1) is 0 Å². The molecule has 0 radical (unpaired) electrons. The van der Waals surface area contributed by atoms with E-state index in [1.54, 1.807) is 0 Å². The first-order valence-corrected chi connectivity index (χ1v) is 6.51. The summed E-state index contributed by atoms with van der Waals surface area (Å²) >= 11 is 0. The van der Waals surface area contributed by atoms with Gasteiger partial charge < -0.3 is 15.7 Å². The van der Waals surface area contributed by atoms with Crippen molar-refractivity contribution >= 4 is 11.6 Å². The Labute approximate surface area is 107 Å². The molecule has 0 unspecified atom stereocenters. The number of hydrogen-bond donors (Lipinski definition) is 3. The van der Waals surface area contributed by atoms with Crippen molar-refractivity contribution in [2.75, 3.05) is 18.5 Å². The standard InChI is InChI=1S/C14H20N2O2/c17-8-2-4-11-3-1-5-13(9-11)16-14(18)10-15-12-6-7-12/h1,3,5,9,12,15,17H,2,4,6-8,10H2,(H,16,18). The maximum absolute atomic E-state index is 11.7. The average Bonchev–Trinajstić information content (AvgIpc) is 3.18. The molecular formula is C14H20N2O2. The molecule has 18 heavy (non-hydrogen) atoms. The summed E-state index contributed by atoms with van der Waals surface area (Å²) in [7, 11) is 0. The number of rotatable bonds is 7. The quantitative estimate of drug-likeness (QED) is 0.681. The van der Waals surface area contributed by atoms with Crippen LogP contribution in [0.1, 0.15) is 24.8 Å². The number of benzene rings is 1. The molecule has 3 N–H and O–H groups in total. The highest BCUT2D eigenvalue weighted by molar-refractivity contribution is 5.92. The van der Waals surface area contributed by atoms with Crippen LogP contribution in [0.25, 0.3) is 0 Å². The lowest BCUT2D eigenvalue weighted by molar-refractivity contribution is -0.115. The highest BCUT2D eigenvalue weighted by Crippen LogP contribution is 2.18. The molecule has 0 aromatic heterocycles. The number of aryl methyl sites for hydroxylation is 1. The summed E-state index contributed by atoms with van der Waals surface area (Å²) in [6, 6.07) is 8.33. The molecule has 1 fully saturated rings. The Balaban J connectivity index is 1.81. The van der Waals surface area contributed by atoms with Crippen LogP contribution in [0.4, 0.5) is 5.69 Å². The smallest absolute Gasteiger partial charge is 0.238 e. The summed E-state index contributed by atoms with van der Waals surface area (Å²) in [4.78, 5) is 11.7. The van der Waals surface area contributed by atoms with Gasteiger partial charge in [0.2, 0.25) is 5.91 Å². The molecule has 1 saturated carbocycles. The van der Waals surface area contributed by atoms with E-state index >= 15 is 0 Å². The maximum Gasteiger partial charge on any atom is 0.238 e. The third kappa shape index (κ3) is 4.47. The zero-order valence-electron chi connectivity index (χ0n) is 10.5. The molecule has 0 atom stereocenters. The molecule has 1 aromatic rings. The molecule has 98 valence electrons. The fraction of sp³-hybridized carbons (Fsp3) is 0.500. The molecular weight excluding hydrogens is 228 g/mol. The topological polar surface area (TPSA) is 61.4 Å². The van der Waals surface area contributed by atoms with E-state index in [-0.39, 0.29) is 12.5 Å². The molecule has 1 aliphatic carbocycles. The van der Waals surface area contributed by atoms with E-state index in [9.17, 15) is 4.79 Å².